The van der Waals surface area contributed by atoms with Crippen LogP contribution in [0, 0.1) is 6.92 Å². The Morgan fingerprint density at radius 1 is 1.07 bits per heavy atom. The highest BCUT2D eigenvalue weighted by Gasteiger charge is 2.16. The van der Waals surface area contributed by atoms with Gasteiger partial charge in [-0.25, -0.2) is 0 Å². The third-order valence-corrected chi connectivity index (χ3v) is 5.21. The van der Waals surface area contributed by atoms with E-state index in [1.54, 1.807) is 18.2 Å². The third-order valence-electron chi connectivity index (χ3n) is 4.24. The van der Waals surface area contributed by atoms with E-state index in [9.17, 15) is 14.7 Å². The Morgan fingerprint density at radius 3 is 2.60 bits per heavy atom. The Labute approximate surface area is 178 Å². The highest BCUT2D eigenvalue weighted by molar-refractivity contribution is 7.99. The summed E-state index contributed by atoms with van der Waals surface area (Å²) in [6, 6.07) is 14.1. The molecule has 1 heterocycles. The van der Waals surface area contributed by atoms with Crippen LogP contribution in [0.1, 0.15) is 18.3 Å². The van der Waals surface area contributed by atoms with Gasteiger partial charge in [-0.15, -0.1) is 10.2 Å². The fourth-order valence-electron chi connectivity index (χ4n) is 2.84. The van der Waals surface area contributed by atoms with Gasteiger partial charge in [0.25, 0.3) is 0 Å². The Bertz CT molecular complexity index is 1050. The van der Waals surface area contributed by atoms with Gasteiger partial charge in [-0.05, 0) is 43.7 Å². The predicted octanol–water partition coefficient (Wildman–Crippen LogP) is 3.22. The number of para-hydroxylation sites is 2. The van der Waals surface area contributed by atoms with Crippen molar-refractivity contribution in [2.24, 2.45) is 0 Å². The molecule has 3 aromatic rings. The van der Waals surface area contributed by atoms with E-state index in [1.807, 2.05) is 42.7 Å². The van der Waals surface area contributed by atoms with E-state index in [1.165, 1.54) is 17.8 Å². The first-order valence-corrected chi connectivity index (χ1v) is 10.4. The fraction of sp³-hybridized carbons (Fsp3) is 0.238. The molecule has 3 N–H and O–H groups in total. The number of carbonyl (C=O) groups excluding carboxylic acids is 2. The van der Waals surface area contributed by atoms with Crippen molar-refractivity contribution in [2.45, 2.75) is 32.0 Å². The maximum Gasteiger partial charge on any atom is 0.234 e. The normalized spacial score (nSPS) is 10.6. The van der Waals surface area contributed by atoms with Crippen molar-refractivity contribution in [2.75, 3.05) is 16.4 Å². The molecule has 1 aromatic heterocycles. The standard InChI is InChI=1S/C21H23N5O3S/c1-3-26-18(12-19(28)22-15-8-6-7-14(2)11-15)24-25-21(26)30-13-20(29)23-16-9-4-5-10-17(16)27/h4-11,27H,3,12-13H2,1-2H3,(H,22,28)(H,23,29). The first-order valence-electron chi connectivity index (χ1n) is 9.45. The van der Waals surface area contributed by atoms with Gasteiger partial charge in [0, 0.05) is 12.2 Å². The summed E-state index contributed by atoms with van der Waals surface area (Å²) in [6.45, 7) is 4.46. The minimum atomic E-state index is -0.272. The topological polar surface area (TPSA) is 109 Å². The Kier molecular flexibility index (Phi) is 7.08. The van der Waals surface area contributed by atoms with Crippen LogP contribution in [-0.4, -0.2) is 37.4 Å². The number of aromatic nitrogens is 3. The largest absolute Gasteiger partial charge is 0.506 e. The maximum atomic E-state index is 12.4. The van der Waals surface area contributed by atoms with Gasteiger partial charge in [-0.1, -0.05) is 36.0 Å². The molecular weight excluding hydrogens is 402 g/mol. The summed E-state index contributed by atoms with van der Waals surface area (Å²) in [6.07, 6.45) is 0.0828. The van der Waals surface area contributed by atoms with Crippen molar-refractivity contribution < 1.29 is 14.7 Å². The average Bonchev–Trinajstić information content (AvgIpc) is 3.09. The average molecular weight is 426 g/mol. The molecule has 0 aliphatic rings. The van der Waals surface area contributed by atoms with Crippen LogP contribution in [-0.2, 0) is 22.6 Å². The van der Waals surface area contributed by atoms with E-state index in [4.69, 9.17) is 0 Å². The van der Waals surface area contributed by atoms with Gasteiger partial charge in [0.1, 0.15) is 11.6 Å². The van der Waals surface area contributed by atoms with Gasteiger partial charge in [0.15, 0.2) is 5.16 Å². The number of thioether (sulfide) groups is 1. The number of hydrogen-bond acceptors (Lipinski definition) is 6. The van der Waals surface area contributed by atoms with E-state index >= 15 is 0 Å². The number of hydrogen-bond donors (Lipinski definition) is 3. The lowest BCUT2D eigenvalue weighted by Crippen LogP contribution is -2.18. The number of amides is 2. The number of carbonyl (C=O) groups is 2. The molecule has 2 aromatic carbocycles. The van der Waals surface area contributed by atoms with Crippen LogP contribution in [0.2, 0.25) is 0 Å². The summed E-state index contributed by atoms with van der Waals surface area (Å²) in [4.78, 5) is 24.6. The number of rotatable bonds is 8. The van der Waals surface area contributed by atoms with Gasteiger partial charge in [-0.2, -0.15) is 0 Å². The van der Waals surface area contributed by atoms with Crippen LogP contribution in [0.3, 0.4) is 0 Å². The molecule has 30 heavy (non-hydrogen) atoms. The van der Waals surface area contributed by atoms with Gasteiger partial charge < -0.3 is 20.3 Å². The van der Waals surface area contributed by atoms with Crippen LogP contribution in [0.15, 0.2) is 53.7 Å². The molecule has 0 saturated carbocycles. The molecule has 0 bridgehead atoms. The molecule has 156 valence electrons. The fourth-order valence-corrected chi connectivity index (χ4v) is 3.66. The molecule has 3 rings (SSSR count). The molecule has 0 aliphatic heterocycles. The summed E-state index contributed by atoms with van der Waals surface area (Å²) in [7, 11) is 0. The number of nitrogens with zero attached hydrogens (tertiary/aromatic N) is 3. The van der Waals surface area contributed by atoms with Crippen LogP contribution in [0.25, 0.3) is 0 Å². The molecule has 0 fully saturated rings. The summed E-state index contributed by atoms with van der Waals surface area (Å²) in [5, 5.41) is 24.1. The first-order chi connectivity index (χ1) is 14.5. The lowest BCUT2D eigenvalue weighted by atomic mass is 10.2. The van der Waals surface area contributed by atoms with Crippen LogP contribution < -0.4 is 10.6 Å². The minimum absolute atomic E-state index is 0.00878. The van der Waals surface area contributed by atoms with Crippen LogP contribution in [0.4, 0.5) is 11.4 Å². The Balaban J connectivity index is 1.59. The van der Waals surface area contributed by atoms with Gasteiger partial charge in [0.2, 0.25) is 11.8 Å². The van der Waals surface area contributed by atoms with E-state index in [0.29, 0.717) is 23.2 Å². The molecular formula is C21H23N5O3S. The summed E-state index contributed by atoms with van der Waals surface area (Å²) >= 11 is 1.22. The Hall–Kier alpha value is -3.33. The second-order valence-corrected chi connectivity index (χ2v) is 7.53. The van der Waals surface area contributed by atoms with Crippen molar-refractivity contribution in [3.05, 3.63) is 59.9 Å². The molecule has 0 saturated heterocycles. The number of aryl methyl sites for hydroxylation is 1. The van der Waals surface area contributed by atoms with E-state index in [-0.39, 0.29) is 29.7 Å². The Morgan fingerprint density at radius 2 is 1.87 bits per heavy atom. The molecule has 0 spiro atoms. The molecule has 2 amide bonds. The molecule has 0 radical (unpaired) electrons. The number of phenolic OH excluding ortho intramolecular Hbond substituents is 1. The van der Waals surface area contributed by atoms with Crippen molar-refractivity contribution in [3.63, 3.8) is 0 Å². The number of anilines is 2. The van der Waals surface area contributed by atoms with E-state index < -0.39 is 0 Å². The summed E-state index contributed by atoms with van der Waals surface area (Å²) in [5.41, 5.74) is 2.15. The zero-order chi connectivity index (χ0) is 21.5. The lowest BCUT2D eigenvalue weighted by molar-refractivity contribution is -0.116. The molecule has 9 heteroatoms. The number of nitrogens with one attached hydrogen (secondary N) is 2. The van der Waals surface area contributed by atoms with Crippen molar-refractivity contribution in [1.82, 2.24) is 14.8 Å². The number of aromatic hydroxyl groups is 1. The zero-order valence-electron chi connectivity index (χ0n) is 16.8. The molecule has 0 aliphatic carbocycles. The van der Waals surface area contributed by atoms with E-state index in [0.717, 1.165) is 11.3 Å². The van der Waals surface area contributed by atoms with E-state index in [2.05, 4.69) is 20.8 Å². The van der Waals surface area contributed by atoms with Crippen molar-refractivity contribution in [1.29, 1.82) is 0 Å². The summed E-state index contributed by atoms with van der Waals surface area (Å²) in [5.74, 6) is 0.185. The second kappa shape index (κ2) is 9.93. The quantitative estimate of drug-likeness (QED) is 0.378. The maximum absolute atomic E-state index is 12.4. The lowest BCUT2D eigenvalue weighted by Gasteiger charge is -2.09. The monoisotopic (exact) mass is 425 g/mol. The molecule has 0 atom stereocenters. The highest BCUT2D eigenvalue weighted by Crippen LogP contribution is 2.23. The first kappa shape index (κ1) is 21.4. The summed E-state index contributed by atoms with van der Waals surface area (Å²) < 4.78 is 1.81. The second-order valence-electron chi connectivity index (χ2n) is 6.59. The minimum Gasteiger partial charge on any atom is -0.506 e. The third kappa shape index (κ3) is 5.60. The van der Waals surface area contributed by atoms with Gasteiger partial charge >= 0.3 is 0 Å². The van der Waals surface area contributed by atoms with Crippen molar-refractivity contribution >= 4 is 35.0 Å². The highest BCUT2D eigenvalue weighted by atomic mass is 32.2. The smallest absolute Gasteiger partial charge is 0.234 e. The SMILES string of the molecule is CCn1c(CC(=O)Nc2cccc(C)c2)nnc1SCC(=O)Nc1ccccc1O. The molecule has 0 unspecified atom stereocenters. The number of benzene rings is 2. The zero-order valence-corrected chi connectivity index (χ0v) is 17.6. The molecule has 8 nitrogen and oxygen atoms in total. The van der Waals surface area contributed by atoms with Crippen LogP contribution in [0.5, 0.6) is 5.75 Å². The van der Waals surface area contributed by atoms with Gasteiger partial charge in [-0.3, -0.25) is 9.59 Å². The predicted molar refractivity (Wildman–Crippen MR) is 117 cm³/mol. The van der Waals surface area contributed by atoms with Gasteiger partial charge in [0.05, 0.1) is 17.9 Å². The van der Waals surface area contributed by atoms with Crippen molar-refractivity contribution in [3.8, 4) is 5.75 Å². The number of phenols is 1. The van der Waals surface area contributed by atoms with Crippen LogP contribution >= 0.6 is 11.8 Å².